The van der Waals surface area contributed by atoms with Crippen molar-refractivity contribution >= 4 is 11.6 Å². The van der Waals surface area contributed by atoms with Crippen LogP contribution in [-0.2, 0) is 6.54 Å². The molecule has 2 aromatic carbocycles. The van der Waals surface area contributed by atoms with Gasteiger partial charge in [0.2, 0.25) is 0 Å². The van der Waals surface area contributed by atoms with Crippen LogP contribution in [0.4, 0.5) is 5.69 Å². The molecule has 4 rings (SSSR count). The molecule has 2 aliphatic rings. The maximum absolute atomic E-state index is 12.8. The van der Waals surface area contributed by atoms with Gasteiger partial charge in [0.15, 0.2) is 0 Å². The molecule has 25 heavy (non-hydrogen) atoms. The molecule has 2 fully saturated rings. The molecule has 2 N–H and O–H groups in total. The molecule has 0 aliphatic carbocycles. The van der Waals surface area contributed by atoms with Crippen LogP contribution in [0.1, 0.15) is 15.9 Å². The van der Waals surface area contributed by atoms with Crippen molar-refractivity contribution in [1.29, 1.82) is 0 Å². The Balaban J connectivity index is 1.40. The Hall–Kier alpha value is -2.33. The van der Waals surface area contributed by atoms with Gasteiger partial charge in [-0.15, -0.1) is 0 Å². The van der Waals surface area contributed by atoms with E-state index in [-0.39, 0.29) is 5.91 Å². The second kappa shape index (κ2) is 6.89. The van der Waals surface area contributed by atoms with Crippen molar-refractivity contribution in [3.63, 3.8) is 0 Å². The topological polar surface area (TPSA) is 49.6 Å². The van der Waals surface area contributed by atoms with E-state index >= 15 is 0 Å². The van der Waals surface area contributed by atoms with Crippen molar-refractivity contribution < 1.29 is 4.79 Å². The Labute approximate surface area is 149 Å². The molecule has 2 bridgehead atoms. The van der Waals surface area contributed by atoms with Gasteiger partial charge < -0.3 is 10.6 Å². The predicted molar refractivity (Wildman–Crippen MR) is 99.8 cm³/mol. The summed E-state index contributed by atoms with van der Waals surface area (Å²) in [6, 6.07) is 17.9. The Morgan fingerprint density at radius 1 is 0.920 bits per heavy atom. The van der Waals surface area contributed by atoms with Crippen LogP contribution in [0.25, 0.3) is 0 Å². The molecule has 4 heteroatoms. The number of hydrogen-bond donors (Lipinski definition) is 1. The third kappa shape index (κ3) is 3.69. The summed E-state index contributed by atoms with van der Waals surface area (Å²) in [4.78, 5) is 17.3. The quantitative estimate of drug-likeness (QED) is 0.878. The zero-order valence-electron chi connectivity index (χ0n) is 14.3. The summed E-state index contributed by atoms with van der Waals surface area (Å²) in [6.07, 6.45) is 2.45. The minimum atomic E-state index is 0.125. The van der Waals surface area contributed by atoms with E-state index in [0.29, 0.717) is 17.5 Å². The molecular weight excluding hydrogens is 310 g/mol. The maximum Gasteiger partial charge on any atom is 0.253 e. The van der Waals surface area contributed by atoms with Gasteiger partial charge in [-0.25, -0.2) is 0 Å². The average Bonchev–Trinajstić information content (AvgIpc) is 2.62. The summed E-state index contributed by atoms with van der Waals surface area (Å²) >= 11 is 0. The minimum absolute atomic E-state index is 0.125. The average molecular weight is 334 g/mol. The normalized spacial score (nSPS) is 23.4. The number of hydrogen-bond acceptors (Lipinski definition) is 3. The first-order valence-corrected chi connectivity index (χ1v) is 8.93. The summed E-state index contributed by atoms with van der Waals surface area (Å²) in [5, 5.41) is 0. The van der Waals surface area contributed by atoms with Crippen LogP contribution in [-0.4, -0.2) is 41.9 Å². The molecule has 0 aromatic heterocycles. The number of nitrogen functional groups attached to an aromatic ring is 1. The number of carbonyl (C=O) groups is 1. The lowest BCUT2D eigenvalue weighted by molar-refractivity contribution is 0.0466. The Morgan fingerprint density at radius 2 is 1.56 bits per heavy atom. The van der Waals surface area contributed by atoms with Gasteiger partial charge in [-0.3, -0.25) is 9.69 Å². The summed E-state index contributed by atoms with van der Waals surface area (Å²) < 4.78 is 0. The van der Waals surface area contributed by atoms with E-state index in [1.807, 2.05) is 17.0 Å². The zero-order chi connectivity index (χ0) is 17.2. The number of nitrogens with zero attached hydrogens (tertiary/aromatic N) is 2. The number of anilines is 1. The van der Waals surface area contributed by atoms with Gasteiger partial charge in [0, 0.05) is 44.0 Å². The fraction of sp³-hybridized carbons (Fsp3) is 0.333. The SMILES string of the molecule is Nc1ccc(C(=O)N2CC3[CH]C(CN(Cc4ccccc4)C3)C2)cc1. The molecule has 0 spiro atoms. The molecule has 2 aliphatic heterocycles. The number of rotatable bonds is 3. The van der Waals surface area contributed by atoms with Gasteiger partial charge in [-0.05, 0) is 48.1 Å². The van der Waals surface area contributed by atoms with E-state index in [9.17, 15) is 4.79 Å². The highest BCUT2D eigenvalue weighted by Gasteiger charge is 2.36. The smallest absolute Gasteiger partial charge is 0.253 e. The molecule has 4 nitrogen and oxygen atoms in total. The maximum atomic E-state index is 12.8. The largest absolute Gasteiger partial charge is 0.399 e. The first-order valence-electron chi connectivity index (χ1n) is 8.93. The second-order valence-corrected chi connectivity index (χ2v) is 7.22. The Morgan fingerprint density at radius 3 is 2.20 bits per heavy atom. The van der Waals surface area contributed by atoms with E-state index in [1.165, 1.54) is 5.56 Å². The van der Waals surface area contributed by atoms with Crippen LogP contribution >= 0.6 is 0 Å². The molecule has 0 saturated carbocycles. The van der Waals surface area contributed by atoms with Crippen molar-refractivity contribution in [1.82, 2.24) is 9.80 Å². The number of benzene rings is 2. The lowest BCUT2D eigenvalue weighted by Gasteiger charge is -2.45. The van der Waals surface area contributed by atoms with Gasteiger partial charge in [0.1, 0.15) is 0 Å². The molecule has 2 heterocycles. The Bertz CT molecular complexity index is 715. The molecule has 129 valence electrons. The lowest BCUT2D eigenvalue weighted by Crippen LogP contribution is -2.54. The van der Waals surface area contributed by atoms with Gasteiger partial charge >= 0.3 is 0 Å². The standard InChI is InChI=1S/C21H24N3O/c22-20-8-6-19(7-9-20)21(25)24-14-17-10-18(15-24)13-23(12-17)11-16-4-2-1-3-5-16/h1-10,17-18H,11-15,22H2. The van der Waals surface area contributed by atoms with Crippen LogP contribution in [0, 0.1) is 18.3 Å². The van der Waals surface area contributed by atoms with Gasteiger partial charge in [0.25, 0.3) is 5.91 Å². The van der Waals surface area contributed by atoms with E-state index in [4.69, 9.17) is 5.73 Å². The van der Waals surface area contributed by atoms with Crippen molar-refractivity contribution in [2.24, 2.45) is 11.8 Å². The van der Waals surface area contributed by atoms with E-state index in [2.05, 4.69) is 41.7 Å². The van der Waals surface area contributed by atoms with Gasteiger partial charge in [-0.1, -0.05) is 30.3 Å². The lowest BCUT2D eigenvalue weighted by atomic mass is 9.84. The molecule has 1 amide bonds. The fourth-order valence-corrected chi connectivity index (χ4v) is 4.07. The molecule has 2 atom stereocenters. The number of fused-ring (bicyclic) bond motifs is 2. The third-order valence-corrected chi connectivity index (χ3v) is 5.13. The van der Waals surface area contributed by atoms with Crippen LogP contribution in [0.15, 0.2) is 54.6 Å². The molecule has 2 saturated heterocycles. The molecule has 2 unspecified atom stereocenters. The van der Waals surface area contributed by atoms with E-state index in [0.717, 1.165) is 38.3 Å². The molecular formula is C21H24N3O. The van der Waals surface area contributed by atoms with Gasteiger partial charge in [-0.2, -0.15) is 0 Å². The predicted octanol–water partition coefficient (Wildman–Crippen LogP) is 2.68. The van der Waals surface area contributed by atoms with Crippen LogP contribution in [0.5, 0.6) is 0 Å². The minimum Gasteiger partial charge on any atom is -0.399 e. The number of likely N-dealkylation sites (tertiary alicyclic amines) is 2. The van der Waals surface area contributed by atoms with Crippen LogP contribution < -0.4 is 5.73 Å². The molecule has 1 radical (unpaired) electrons. The summed E-state index contributed by atoms with van der Waals surface area (Å²) in [5.74, 6) is 1.03. The van der Waals surface area contributed by atoms with Crippen molar-refractivity contribution in [2.45, 2.75) is 6.54 Å². The zero-order valence-corrected chi connectivity index (χ0v) is 14.3. The van der Waals surface area contributed by atoms with Crippen molar-refractivity contribution in [3.05, 3.63) is 72.1 Å². The van der Waals surface area contributed by atoms with Crippen molar-refractivity contribution in [3.8, 4) is 0 Å². The Kier molecular flexibility index (Phi) is 4.45. The number of piperidine rings is 2. The first kappa shape index (κ1) is 16.2. The summed E-state index contributed by atoms with van der Waals surface area (Å²) in [7, 11) is 0. The monoisotopic (exact) mass is 334 g/mol. The number of amides is 1. The highest BCUT2D eigenvalue weighted by molar-refractivity contribution is 5.94. The fourth-order valence-electron chi connectivity index (χ4n) is 4.07. The highest BCUT2D eigenvalue weighted by Crippen LogP contribution is 2.29. The van der Waals surface area contributed by atoms with Gasteiger partial charge in [0.05, 0.1) is 0 Å². The number of carbonyl (C=O) groups excluding carboxylic acids is 1. The van der Waals surface area contributed by atoms with E-state index < -0.39 is 0 Å². The van der Waals surface area contributed by atoms with Crippen LogP contribution in [0.3, 0.4) is 0 Å². The third-order valence-electron chi connectivity index (χ3n) is 5.13. The van der Waals surface area contributed by atoms with Crippen molar-refractivity contribution in [2.75, 3.05) is 31.9 Å². The number of nitrogens with two attached hydrogens (primary N) is 1. The highest BCUT2D eigenvalue weighted by atomic mass is 16.2. The van der Waals surface area contributed by atoms with Crippen LogP contribution in [0.2, 0.25) is 0 Å². The summed E-state index contributed by atoms with van der Waals surface area (Å²) in [5.41, 5.74) is 8.51. The second-order valence-electron chi connectivity index (χ2n) is 7.22. The van der Waals surface area contributed by atoms with E-state index in [1.54, 1.807) is 12.1 Å². The molecule has 2 aromatic rings. The summed E-state index contributed by atoms with van der Waals surface area (Å²) in [6.45, 7) is 4.66. The first-order chi connectivity index (χ1) is 12.2.